The standard InChI is InChI=1S/C14H11ClFNO4S/c1-17(12-5-3-2-4-11(12)16)22(20,21)13-7-6-9(14(18)19)8-10(13)15/h2-8H,1H3,(H,18,19). The van der Waals surface area contributed by atoms with Crippen LogP contribution in [0.25, 0.3) is 0 Å². The lowest BCUT2D eigenvalue weighted by Crippen LogP contribution is -2.27. The fourth-order valence-electron chi connectivity index (χ4n) is 1.83. The quantitative estimate of drug-likeness (QED) is 0.926. The number of anilines is 1. The second-order valence-corrected chi connectivity index (χ2v) is 6.72. The number of carboxylic acid groups (broad SMARTS) is 1. The molecule has 0 aliphatic rings. The zero-order valence-electron chi connectivity index (χ0n) is 11.3. The first-order valence-corrected chi connectivity index (χ1v) is 7.83. The molecule has 0 aromatic heterocycles. The van der Waals surface area contributed by atoms with Crippen molar-refractivity contribution in [2.45, 2.75) is 4.90 Å². The molecule has 5 nitrogen and oxygen atoms in total. The number of hydrogen-bond acceptors (Lipinski definition) is 3. The van der Waals surface area contributed by atoms with Crippen LogP contribution < -0.4 is 4.31 Å². The zero-order chi connectivity index (χ0) is 16.5. The number of aromatic carboxylic acids is 1. The molecule has 0 atom stereocenters. The van der Waals surface area contributed by atoms with Crippen molar-refractivity contribution in [3.63, 3.8) is 0 Å². The number of carbonyl (C=O) groups is 1. The molecule has 2 aromatic rings. The van der Waals surface area contributed by atoms with Crippen LogP contribution in [0.2, 0.25) is 5.02 Å². The fraction of sp³-hybridized carbons (Fsp3) is 0.0714. The van der Waals surface area contributed by atoms with Gasteiger partial charge in [0.15, 0.2) is 0 Å². The first kappa shape index (κ1) is 16.3. The van der Waals surface area contributed by atoms with Gasteiger partial charge >= 0.3 is 5.97 Å². The van der Waals surface area contributed by atoms with E-state index in [2.05, 4.69) is 0 Å². The number of carboxylic acids is 1. The molecule has 22 heavy (non-hydrogen) atoms. The first-order valence-electron chi connectivity index (χ1n) is 6.01. The molecule has 0 saturated carbocycles. The van der Waals surface area contributed by atoms with Crippen LogP contribution in [0.15, 0.2) is 47.4 Å². The highest BCUT2D eigenvalue weighted by Gasteiger charge is 2.26. The number of halogens is 2. The summed E-state index contributed by atoms with van der Waals surface area (Å²) in [6, 6.07) is 8.62. The highest BCUT2D eigenvalue weighted by Crippen LogP contribution is 2.29. The Labute approximate surface area is 131 Å². The maximum atomic E-state index is 13.7. The predicted octanol–water partition coefficient (Wildman–Crippen LogP) is 3.00. The maximum Gasteiger partial charge on any atom is 0.335 e. The monoisotopic (exact) mass is 343 g/mol. The summed E-state index contributed by atoms with van der Waals surface area (Å²) in [7, 11) is -2.93. The summed E-state index contributed by atoms with van der Waals surface area (Å²) in [6.07, 6.45) is 0. The molecule has 0 amide bonds. The lowest BCUT2D eigenvalue weighted by molar-refractivity contribution is 0.0696. The van der Waals surface area contributed by atoms with Gasteiger partial charge in [-0.3, -0.25) is 4.31 Å². The molecule has 0 saturated heterocycles. The Hall–Kier alpha value is -2.12. The molecule has 116 valence electrons. The summed E-state index contributed by atoms with van der Waals surface area (Å²) in [6.45, 7) is 0. The smallest absolute Gasteiger partial charge is 0.335 e. The van der Waals surface area contributed by atoms with E-state index in [1.54, 1.807) is 0 Å². The van der Waals surface area contributed by atoms with Gasteiger partial charge in [-0.25, -0.2) is 17.6 Å². The van der Waals surface area contributed by atoms with Crippen molar-refractivity contribution in [2.75, 3.05) is 11.4 Å². The van der Waals surface area contributed by atoms with Crippen molar-refractivity contribution in [3.05, 3.63) is 58.9 Å². The Balaban J connectivity index is 2.51. The topological polar surface area (TPSA) is 74.7 Å². The minimum atomic E-state index is -4.12. The lowest BCUT2D eigenvalue weighted by Gasteiger charge is -2.20. The van der Waals surface area contributed by atoms with Gasteiger partial charge in [-0.15, -0.1) is 0 Å². The average Bonchev–Trinajstić information content (AvgIpc) is 2.46. The van der Waals surface area contributed by atoms with Crippen LogP contribution in [0.3, 0.4) is 0 Å². The lowest BCUT2D eigenvalue weighted by atomic mass is 10.2. The van der Waals surface area contributed by atoms with E-state index in [9.17, 15) is 17.6 Å². The van der Waals surface area contributed by atoms with Gasteiger partial charge in [0.1, 0.15) is 10.7 Å². The number of hydrogen-bond donors (Lipinski definition) is 1. The molecule has 2 rings (SSSR count). The molecule has 0 aliphatic heterocycles. The number of para-hydroxylation sites is 1. The molecule has 8 heteroatoms. The van der Waals surface area contributed by atoms with Crippen molar-refractivity contribution in [2.24, 2.45) is 0 Å². The third-order valence-corrected chi connectivity index (χ3v) is 5.26. The van der Waals surface area contributed by atoms with Crippen molar-refractivity contribution >= 4 is 33.3 Å². The van der Waals surface area contributed by atoms with Crippen LogP contribution >= 0.6 is 11.6 Å². The molecule has 0 aliphatic carbocycles. The van der Waals surface area contributed by atoms with Crippen LogP contribution in [0, 0.1) is 5.82 Å². The van der Waals surface area contributed by atoms with E-state index in [1.165, 1.54) is 25.2 Å². The molecular weight excluding hydrogens is 333 g/mol. The van der Waals surface area contributed by atoms with E-state index in [-0.39, 0.29) is 21.2 Å². The van der Waals surface area contributed by atoms with E-state index in [4.69, 9.17) is 16.7 Å². The molecule has 2 aromatic carbocycles. The Bertz CT molecular complexity index is 838. The minimum Gasteiger partial charge on any atom is -0.478 e. The summed E-state index contributed by atoms with van der Waals surface area (Å²) in [4.78, 5) is 10.5. The van der Waals surface area contributed by atoms with Crippen LogP contribution in [-0.4, -0.2) is 26.5 Å². The number of nitrogens with zero attached hydrogens (tertiary/aromatic N) is 1. The predicted molar refractivity (Wildman–Crippen MR) is 80.4 cm³/mol. The van der Waals surface area contributed by atoms with Crippen LogP contribution in [0.5, 0.6) is 0 Å². The summed E-state index contributed by atoms with van der Waals surface area (Å²) >= 11 is 5.87. The van der Waals surface area contributed by atoms with E-state index in [0.717, 1.165) is 28.6 Å². The van der Waals surface area contributed by atoms with Crippen molar-refractivity contribution in [3.8, 4) is 0 Å². The zero-order valence-corrected chi connectivity index (χ0v) is 12.9. The summed E-state index contributed by atoms with van der Waals surface area (Å²) < 4.78 is 39.5. The second kappa shape index (κ2) is 5.94. The highest BCUT2D eigenvalue weighted by atomic mass is 35.5. The molecule has 0 heterocycles. The molecule has 0 fully saturated rings. The van der Waals surface area contributed by atoms with Gasteiger partial charge in [0.2, 0.25) is 0 Å². The first-order chi connectivity index (χ1) is 10.2. The normalized spacial score (nSPS) is 11.2. The van der Waals surface area contributed by atoms with Crippen LogP contribution in [-0.2, 0) is 10.0 Å². The Morgan fingerprint density at radius 2 is 1.86 bits per heavy atom. The van der Waals surface area contributed by atoms with E-state index in [0.29, 0.717) is 0 Å². The third-order valence-electron chi connectivity index (χ3n) is 3.01. The minimum absolute atomic E-state index is 0.138. The van der Waals surface area contributed by atoms with E-state index >= 15 is 0 Å². The van der Waals surface area contributed by atoms with Gasteiger partial charge in [0.05, 0.1) is 16.3 Å². The molecule has 0 radical (unpaired) electrons. The number of rotatable bonds is 4. The molecule has 1 N–H and O–H groups in total. The average molecular weight is 344 g/mol. The summed E-state index contributed by atoms with van der Waals surface area (Å²) in [5.41, 5.74) is -0.279. The molecule has 0 bridgehead atoms. The van der Waals surface area contributed by atoms with Crippen molar-refractivity contribution in [1.82, 2.24) is 0 Å². The van der Waals surface area contributed by atoms with Gasteiger partial charge < -0.3 is 5.11 Å². The largest absolute Gasteiger partial charge is 0.478 e. The Kier molecular flexibility index (Phi) is 4.39. The van der Waals surface area contributed by atoms with Gasteiger partial charge in [-0.05, 0) is 30.3 Å². The van der Waals surface area contributed by atoms with Gasteiger partial charge in [-0.2, -0.15) is 0 Å². The Morgan fingerprint density at radius 1 is 1.23 bits per heavy atom. The van der Waals surface area contributed by atoms with Gasteiger partial charge in [-0.1, -0.05) is 23.7 Å². The van der Waals surface area contributed by atoms with Gasteiger partial charge in [0, 0.05) is 7.05 Å². The fourth-order valence-corrected chi connectivity index (χ4v) is 3.55. The van der Waals surface area contributed by atoms with Crippen molar-refractivity contribution in [1.29, 1.82) is 0 Å². The molecular formula is C14H11ClFNO4S. The molecule has 0 unspecified atom stereocenters. The number of sulfonamides is 1. The number of benzene rings is 2. The summed E-state index contributed by atoms with van der Waals surface area (Å²) in [5.74, 6) is -1.93. The highest BCUT2D eigenvalue weighted by molar-refractivity contribution is 7.93. The third kappa shape index (κ3) is 2.90. The van der Waals surface area contributed by atoms with Crippen molar-refractivity contribution < 1.29 is 22.7 Å². The van der Waals surface area contributed by atoms with Crippen LogP contribution in [0.4, 0.5) is 10.1 Å². The SMILES string of the molecule is CN(c1ccccc1F)S(=O)(=O)c1ccc(C(=O)O)cc1Cl. The van der Waals surface area contributed by atoms with E-state index < -0.39 is 21.8 Å². The second-order valence-electron chi connectivity index (χ2n) is 4.37. The van der Waals surface area contributed by atoms with E-state index in [1.807, 2.05) is 0 Å². The molecule has 0 spiro atoms. The van der Waals surface area contributed by atoms with Gasteiger partial charge in [0.25, 0.3) is 10.0 Å². The Morgan fingerprint density at radius 3 is 2.41 bits per heavy atom. The summed E-state index contributed by atoms with van der Waals surface area (Å²) in [5, 5.41) is 8.61. The maximum absolute atomic E-state index is 13.7. The van der Waals surface area contributed by atoms with Crippen LogP contribution in [0.1, 0.15) is 10.4 Å².